The number of carboxylic acids is 2. The molecule has 1 N–H and O–H groups in total. The second kappa shape index (κ2) is 5.83. The van der Waals surface area contributed by atoms with Gasteiger partial charge in [-0.15, -0.1) is 0 Å². The van der Waals surface area contributed by atoms with Crippen molar-refractivity contribution in [3.8, 4) is 0 Å². The second-order valence-electron chi connectivity index (χ2n) is 3.98. The number of anilines is 1. The maximum Gasteiger partial charge on any atom is 0.137 e. The van der Waals surface area contributed by atoms with Crippen molar-refractivity contribution >= 4 is 44.6 Å². The lowest BCUT2D eigenvalue weighted by Crippen LogP contribution is -2.44. The van der Waals surface area contributed by atoms with Crippen molar-refractivity contribution < 1.29 is 19.8 Å². The highest BCUT2D eigenvalue weighted by molar-refractivity contribution is 9.10. The van der Waals surface area contributed by atoms with Gasteiger partial charge in [-0.05, 0) is 18.2 Å². The minimum absolute atomic E-state index is 0.215. The number of halogens is 1. The van der Waals surface area contributed by atoms with E-state index in [4.69, 9.17) is 0 Å². The molecule has 1 aromatic heterocycles. The SMILES string of the molecule is O=C([O-])C[C@H](Nc1ncnc2ccc(Br)cc12)C(=O)[O-]. The highest BCUT2D eigenvalue weighted by Crippen LogP contribution is 2.23. The number of carbonyl (C=O) groups is 2. The maximum absolute atomic E-state index is 10.9. The number of benzene rings is 1. The van der Waals surface area contributed by atoms with Crippen molar-refractivity contribution in [2.75, 3.05) is 5.32 Å². The fourth-order valence-electron chi connectivity index (χ4n) is 1.67. The van der Waals surface area contributed by atoms with Gasteiger partial charge in [-0.1, -0.05) is 15.9 Å². The van der Waals surface area contributed by atoms with E-state index < -0.39 is 24.4 Å². The summed E-state index contributed by atoms with van der Waals surface area (Å²) in [5, 5.41) is 24.6. The zero-order chi connectivity index (χ0) is 14.7. The molecule has 0 saturated heterocycles. The molecule has 0 aliphatic rings. The summed E-state index contributed by atoms with van der Waals surface area (Å²) in [5.74, 6) is -2.83. The molecule has 1 atom stereocenters. The van der Waals surface area contributed by atoms with E-state index in [1.807, 2.05) is 0 Å². The van der Waals surface area contributed by atoms with Crippen LogP contribution in [0.3, 0.4) is 0 Å². The van der Waals surface area contributed by atoms with E-state index in [-0.39, 0.29) is 5.82 Å². The summed E-state index contributed by atoms with van der Waals surface area (Å²) < 4.78 is 0.757. The van der Waals surface area contributed by atoms with Gasteiger partial charge in [0.2, 0.25) is 0 Å². The molecule has 0 aliphatic heterocycles. The summed E-state index contributed by atoms with van der Waals surface area (Å²) in [5.41, 5.74) is 0.594. The normalized spacial score (nSPS) is 12.1. The lowest BCUT2D eigenvalue weighted by Gasteiger charge is -2.21. The Balaban J connectivity index is 2.39. The van der Waals surface area contributed by atoms with Gasteiger partial charge >= 0.3 is 0 Å². The third-order valence-electron chi connectivity index (χ3n) is 2.56. The summed E-state index contributed by atoms with van der Waals surface area (Å²) >= 11 is 3.29. The Morgan fingerprint density at radius 2 is 2.05 bits per heavy atom. The van der Waals surface area contributed by atoms with Crippen LogP contribution >= 0.6 is 15.9 Å². The predicted molar refractivity (Wildman–Crippen MR) is 69.3 cm³/mol. The van der Waals surface area contributed by atoms with Crippen LogP contribution in [-0.4, -0.2) is 27.9 Å². The first-order chi connectivity index (χ1) is 9.47. The first-order valence-corrected chi connectivity index (χ1v) is 6.34. The number of hydrogen-bond donors (Lipinski definition) is 1. The fraction of sp³-hybridized carbons (Fsp3) is 0.167. The first kappa shape index (κ1) is 14.2. The van der Waals surface area contributed by atoms with E-state index in [9.17, 15) is 19.8 Å². The Morgan fingerprint density at radius 1 is 1.30 bits per heavy atom. The maximum atomic E-state index is 10.9. The molecule has 1 aromatic carbocycles. The smallest absolute Gasteiger partial charge is 0.137 e. The molecule has 7 nitrogen and oxygen atoms in total. The van der Waals surface area contributed by atoms with Crippen LogP contribution < -0.4 is 15.5 Å². The van der Waals surface area contributed by atoms with Crippen LogP contribution in [0.2, 0.25) is 0 Å². The number of nitrogens with one attached hydrogen (secondary N) is 1. The number of nitrogens with zero attached hydrogens (tertiary/aromatic N) is 2. The quantitative estimate of drug-likeness (QED) is 0.748. The average Bonchev–Trinajstić information content (AvgIpc) is 2.38. The molecule has 2 rings (SSSR count). The minimum Gasteiger partial charge on any atom is -0.550 e. The molecule has 0 unspecified atom stereocenters. The topological polar surface area (TPSA) is 118 Å². The fourth-order valence-corrected chi connectivity index (χ4v) is 2.03. The Hall–Kier alpha value is -2.22. The number of carbonyl (C=O) groups excluding carboxylic acids is 2. The number of hydrogen-bond acceptors (Lipinski definition) is 7. The molecule has 0 radical (unpaired) electrons. The Labute approximate surface area is 121 Å². The van der Waals surface area contributed by atoms with Crippen molar-refractivity contribution in [1.29, 1.82) is 0 Å². The summed E-state index contributed by atoms with van der Waals surface area (Å²) in [4.78, 5) is 29.4. The van der Waals surface area contributed by atoms with Gasteiger partial charge in [-0.2, -0.15) is 0 Å². The Kier molecular flexibility index (Phi) is 4.14. The third-order valence-corrected chi connectivity index (χ3v) is 3.06. The van der Waals surface area contributed by atoms with Gasteiger partial charge in [0.25, 0.3) is 0 Å². The second-order valence-corrected chi connectivity index (χ2v) is 4.89. The standard InChI is InChI=1S/C12H10BrN3O4/c13-6-1-2-8-7(3-6)11(15-5-14-8)16-9(12(19)20)4-10(17)18/h1-3,5,9H,4H2,(H,17,18)(H,19,20)(H,14,15,16)/p-2/t9-/m0/s1. The highest BCUT2D eigenvalue weighted by Gasteiger charge is 2.13. The van der Waals surface area contributed by atoms with Gasteiger partial charge in [0.05, 0.1) is 17.5 Å². The summed E-state index contributed by atoms with van der Waals surface area (Å²) in [7, 11) is 0. The van der Waals surface area contributed by atoms with Crippen molar-refractivity contribution in [2.24, 2.45) is 0 Å². The molecule has 104 valence electrons. The average molecular weight is 338 g/mol. The highest BCUT2D eigenvalue weighted by atomic mass is 79.9. The van der Waals surface area contributed by atoms with Gasteiger partial charge in [0, 0.05) is 22.2 Å². The van der Waals surface area contributed by atoms with Gasteiger partial charge in [-0.3, -0.25) is 0 Å². The van der Waals surface area contributed by atoms with E-state index in [2.05, 4.69) is 31.2 Å². The number of aromatic nitrogens is 2. The van der Waals surface area contributed by atoms with Gasteiger partial charge in [0.15, 0.2) is 0 Å². The number of aliphatic carboxylic acids is 2. The van der Waals surface area contributed by atoms with Crippen LogP contribution in [0.15, 0.2) is 29.0 Å². The summed E-state index contributed by atoms with van der Waals surface area (Å²) in [6, 6.07) is 3.76. The van der Waals surface area contributed by atoms with E-state index in [0.717, 1.165) is 4.47 Å². The zero-order valence-corrected chi connectivity index (χ0v) is 11.6. The third kappa shape index (κ3) is 3.21. The van der Waals surface area contributed by atoms with Crippen LogP contribution in [0, 0.1) is 0 Å². The van der Waals surface area contributed by atoms with Crippen LogP contribution in [0.25, 0.3) is 10.9 Å². The summed E-state index contributed by atoms with van der Waals surface area (Å²) in [6.07, 6.45) is 0.533. The molecule has 0 aliphatic carbocycles. The monoisotopic (exact) mass is 337 g/mol. The van der Waals surface area contributed by atoms with Gasteiger partial charge < -0.3 is 25.1 Å². The Bertz CT molecular complexity index is 677. The number of rotatable bonds is 5. The zero-order valence-electron chi connectivity index (χ0n) is 10.00. The van der Waals surface area contributed by atoms with Gasteiger partial charge in [0.1, 0.15) is 12.1 Å². The lowest BCUT2D eigenvalue weighted by atomic mass is 10.2. The molecular weight excluding hydrogens is 330 g/mol. The minimum atomic E-state index is -1.55. The van der Waals surface area contributed by atoms with Crippen molar-refractivity contribution in [3.63, 3.8) is 0 Å². The molecule has 0 amide bonds. The van der Waals surface area contributed by atoms with Crippen molar-refractivity contribution in [2.45, 2.75) is 12.5 Å². The van der Waals surface area contributed by atoms with Crippen LogP contribution in [-0.2, 0) is 9.59 Å². The molecule has 0 fully saturated rings. The van der Waals surface area contributed by atoms with Crippen molar-refractivity contribution in [3.05, 3.63) is 29.0 Å². The lowest BCUT2D eigenvalue weighted by molar-refractivity contribution is -0.316. The molecule has 20 heavy (non-hydrogen) atoms. The molecule has 0 bridgehead atoms. The number of carboxylic acid groups (broad SMARTS) is 2. The van der Waals surface area contributed by atoms with E-state index in [1.54, 1.807) is 18.2 Å². The molecular formula is C12H8BrN3O4-2. The number of fused-ring (bicyclic) bond motifs is 1. The van der Waals surface area contributed by atoms with E-state index in [0.29, 0.717) is 10.9 Å². The van der Waals surface area contributed by atoms with E-state index in [1.165, 1.54) is 6.33 Å². The summed E-state index contributed by atoms with van der Waals surface area (Å²) in [6.45, 7) is 0. The van der Waals surface area contributed by atoms with Crippen molar-refractivity contribution in [1.82, 2.24) is 9.97 Å². The predicted octanol–water partition coefficient (Wildman–Crippen LogP) is -0.937. The van der Waals surface area contributed by atoms with Gasteiger partial charge in [-0.25, -0.2) is 9.97 Å². The molecule has 0 spiro atoms. The van der Waals surface area contributed by atoms with Crippen LogP contribution in [0.1, 0.15) is 6.42 Å². The van der Waals surface area contributed by atoms with Crippen LogP contribution in [0.4, 0.5) is 5.82 Å². The largest absolute Gasteiger partial charge is 0.550 e. The van der Waals surface area contributed by atoms with E-state index >= 15 is 0 Å². The Morgan fingerprint density at radius 3 is 2.70 bits per heavy atom. The molecule has 0 saturated carbocycles. The van der Waals surface area contributed by atoms with Crippen LogP contribution in [0.5, 0.6) is 0 Å². The first-order valence-electron chi connectivity index (χ1n) is 5.55. The molecule has 2 aromatic rings. The molecule has 8 heteroatoms. The molecule has 1 heterocycles.